The van der Waals surface area contributed by atoms with E-state index in [0.29, 0.717) is 30.0 Å². The Morgan fingerprint density at radius 2 is 1.74 bits per heavy atom. The lowest BCUT2D eigenvalue weighted by Crippen LogP contribution is -2.28. The number of hydrogen-bond acceptors (Lipinski definition) is 4. The van der Waals surface area contributed by atoms with Crippen LogP contribution in [0.5, 0.6) is 11.5 Å². The number of carbonyl (C=O) groups is 2. The van der Waals surface area contributed by atoms with Gasteiger partial charge in [-0.1, -0.05) is 37.3 Å². The number of amides is 1. The largest absolute Gasteiger partial charge is 0.496 e. The first-order chi connectivity index (χ1) is 14.9. The molecule has 0 fully saturated rings. The molecule has 0 saturated carbocycles. The zero-order valence-corrected chi connectivity index (χ0v) is 18.6. The number of hydrogen-bond donors (Lipinski definition) is 0. The first-order valence-electron chi connectivity index (χ1n) is 10.5. The number of nitrogens with zero attached hydrogens (tertiary/aromatic N) is 1. The van der Waals surface area contributed by atoms with Crippen molar-refractivity contribution >= 4 is 22.5 Å². The second-order valence-electron chi connectivity index (χ2n) is 7.62. The van der Waals surface area contributed by atoms with E-state index in [1.54, 1.807) is 37.3 Å². The summed E-state index contributed by atoms with van der Waals surface area (Å²) < 4.78 is 11.4. The lowest BCUT2D eigenvalue weighted by atomic mass is 10.0. The van der Waals surface area contributed by atoms with Crippen LogP contribution in [0.25, 0.3) is 10.8 Å². The quantitative estimate of drug-likeness (QED) is 0.456. The van der Waals surface area contributed by atoms with Gasteiger partial charge in [-0.3, -0.25) is 9.59 Å². The highest BCUT2D eigenvalue weighted by molar-refractivity contribution is 5.95. The predicted molar refractivity (Wildman–Crippen MR) is 123 cm³/mol. The molecule has 3 aromatic rings. The number of fused-ring (bicyclic) bond motifs is 1. The van der Waals surface area contributed by atoms with E-state index >= 15 is 0 Å². The maximum absolute atomic E-state index is 13.1. The van der Waals surface area contributed by atoms with Crippen molar-refractivity contribution in [1.82, 2.24) is 4.90 Å². The average molecular weight is 420 g/mol. The van der Waals surface area contributed by atoms with Gasteiger partial charge in [0.1, 0.15) is 11.5 Å². The SMILES string of the molecule is CCCOc1ccc2ccccc2c1CN(C)C(=O)Cc1cc(C(C)=O)ccc1OC. The van der Waals surface area contributed by atoms with Crippen molar-refractivity contribution in [1.29, 1.82) is 0 Å². The molecule has 0 heterocycles. The maximum atomic E-state index is 13.1. The Hall–Kier alpha value is -3.34. The zero-order chi connectivity index (χ0) is 22.4. The van der Waals surface area contributed by atoms with Gasteiger partial charge in [0.25, 0.3) is 0 Å². The standard InChI is InChI=1S/C26H29NO4/c1-5-14-31-25-13-10-19-8-6-7-9-22(19)23(25)17-27(3)26(29)16-21-15-20(18(2)28)11-12-24(21)30-4/h6-13,15H,5,14,16-17H2,1-4H3. The first kappa shape index (κ1) is 22.3. The van der Waals surface area contributed by atoms with E-state index < -0.39 is 0 Å². The molecule has 0 unspecified atom stereocenters. The number of Topliss-reactive ketones (excluding diaryl/α,β-unsaturated/α-hetero) is 1. The molecule has 0 aliphatic carbocycles. The third kappa shape index (κ3) is 5.23. The normalized spacial score (nSPS) is 10.7. The minimum atomic E-state index is -0.0617. The van der Waals surface area contributed by atoms with Gasteiger partial charge >= 0.3 is 0 Å². The van der Waals surface area contributed by atoms with Gasteiger partial charge in [-0.05, 0) is 48.4 Å². The van der Waals surface area contributed by atoms with E-state index in [0.717, 1.165) is 28.5 Å². The molecule has 0 aromatic heterocycles. The molecule has 0 spiro atoms. The molecule has 0 bridgehead atoms. The van der Waals surface area contributed by atoms with Crippen LogP contribution < -0.4 is 9.47 Å². The van der Waals surface area contributed by atoms with Crippen LogP contribution in [0, 0.1) is 0 Å². The van der Waals surface area contributed by atoms with Gasteiger partial charge in [-0.2, -0.15) is 0 Å². The summed E-state index contributed by atoms with van der Waals surface area (Å²) in [5.41, 5.74) is 2.26. The van der Waals surface area contributed by atoms with Gasteiger partial charge in [0.15, 0.2) is 5.78 Å². The molecule has 0 aliphatic rings. The second kappa shape index (κ2) is 10.1. The topological polar surface area (TPSA) is 55.8 Å². The summed E-state index contributed by atoms with van der Waals surface area (Å²) in [4.78, 5) is 26.5. The monoisotopic (exact) mass is 419 g/mol. The van der Waals surface area contributed by atoms with Crippen LogP contribution in [0.4, 0.5) is 0 Å². The maximum Gasteiger partial charge on any atom is 0.227 e. The van der Waals surface area contributed by atoms with Gasteiger partial charge in [-0.25, -0.2) is 0 Å². The molecular weight excluding hydrogens is 390 g/mol. The van der Waals surface area contributed by atoms with Crippen LogP contribution in [0.2, 0.25) is 0 Å². The molecule has 31 heavy (non-hydrogen) atoms. The summed E-state index contributed by atoms with van der Waals surface area (Å²) in [5.74, 6) is 1.30. The summed E-state index contributed by atoms with van der Waals surface area (Å²) in [6, 6.07) is 17.3. The molecule has 0 radical (unpaired) electrons. The molecule has 3 rings (SSSR count). The summed E-state index contributed by atoms with van der Waals surface area (Å²) in [6.07, 6.45) is 1.06. The lowest BCUT2D eigenvalue weighted by molar-refractivity contribution is -0.129. The van der Waals surface area contributed by atoms with E-state index in [4.69, 9.17) is 9.47 Å². The van der Waals surface area contributed by atoms with E-state index in [2.05, 4.69) is 19.1 Å². The smallest absolute Gasteiger partial charge is 0.227 e. The van der Waals surface area contributed by atoms with Gasteiger partial charge < -0.3 is 14.4 Å². The van der Waals surface area contributed by atoms with E-state index in [1.165, 1.54) is 6.92 Å². The Morgan fingerprint density at radius 3 is 2.45 bits per heavy atom. The van der Waals surface area contributed by atoms with Crippen molar-refractivity contribution < 1.29 is 19.1 Å². The van der Waals surface area contributed by atoms with Gasteiger partial charge in [-0.15, -0.1) is 0 Å². The Balaban J connectivity index is 1.87. The number of ketones is 1. The number of rotatable bonds is 9. The van der Waals surface area contributed by atoms with Crippen LogP contribution in [-0.2, 0) is 17.8 Å². The second-order valence-corrected chi connectivity index (χ2v) is 7.62. The highest BCUT2D eigenvalue weighted by atomic mass is 16.5. The zero-order valence-electron chi connectivity index (χ0n) is 18.6. The van der Waals surface area contributed by atoms with E-state index in [-0.39, 0.29) is 18.1 Å². The third-order valence-corrected chi connectivity index (χ3v) is 5.31. The minimum absolute atomic E-state index is 0.0434. The Labute approximate surface area is 183 Å². The Kier molecular flexibility index (Phi) is 7.29. The molecule has 5 nitrogen and oxygen atoms in total. The van der Waals surface area contributed by atoms with E-state index in [9.17, 15) is 9.59 Å². The van der Waals surface area contributed by atoms with E-state index in [1.807, 2.05) is 24.3 Å². The summed E-state index contributed by atoms with van der Waals surface area (Å²) in [6.45, 7) is 4.63. The molecule has 5 heteroatoms. The van der Waals surface area contributed by atoms with Crippen molar-refractivity contribution in [3.05, 3.63) is 71.3 Å². The van der Waals surface area contributed by atoms with Crippen molar-refractivity contribution in [3.63, 3.8) is 0 Å². The van der Waals surface area contributed by atoms with Crippen molar-refractivity contribution in [2.45, 2.75) is 33.2 Å². The third-order valence-electron chi connectivity index (χ3n) is 5.31. The molecule has 0 saturated heterocycles. The van der Waals surface area contributed by atoms with Gasteiger partial charge in [0, 0.05) is 30.3 Å². The number of ether oxygens (including phenoxy) is 2. The minimum Gasteiger partial charge on any atom is -0.496 e. The fourth-order valence-electron chi connectivity index (χ4n) is 3.59. The van der Waals surface area contributed by atoms with Crippen LogP contribution in [0.1, 0.15) is 41.8 Å². The Bertz CT molecular complexity index is 1090. The number of carbonyl (C=O) groups excluding carboxylic acids is 2. The fourth-order valence-corrected chi connectivity index (χ4v) is 3.59. The molecule has 3 aromatic carbocycles. The van der Waals surface area contributed by atoms with Crippen LogP contribution in [-0.4, -0.2) is 37.4 Å². The molecule has 0 N–H and O–H groups in total. The molecule has 162 valence electrons. The van der Waals surface area contributed by atoms with Gasteiger partial charge in [0.05, 0.1) is 20.1 Å². The average Bonchev–Trinajstić information content (AvgIpc) is 2.78. The highest BCUT2D eigenvalue weighted by Gasteiger charge is 2.18. The van der Waals surface area contributed by atoms with Crippen molar-refractivity contribution in [2.24, 2.45) is 0 Å². The predicted octanol–water partition coefficient (Wildman–Crippen LogP) is 5.04. The lowest BCUT2D eigenvalue weighted by Gasteiger charge is -2.21. The first-order valence-corrected chi connectivity index (χ1v) is 10.5. The molecule has 0 atom stereocenters. The van der Waals surface area contributed by atoms with Crippen molar-refractivity contribution in [2.75, 3.05) is 20.8 Å². The highest BCUT2D eigenvalue weighted by Crippen LogP contribution is 2.30. The van der Waals surface area contributed by atoms with Crippen LogP contribution in [0.15, 0.2) is 54.6 Å². The summed E-state index contributed by atoms with van der Waals surface area (Å²) in [5, 5.41) is 2.19. The summed E-state index contributed by atoms with van der Waals surface area (Å²) in [7, 11) is 3.35. The molecular formula is C26H29NO4. The number of methoxy groups -OCH3 is 1. The molecule has 1 amide bonds. The van der Waals surface area contributed by atoms with Crippen LogP contribution >= 0.6 is 0 Å². The Morgan fingerprint density at radius 1 is 1.00 bits per heavy atom. The number of likely N-dealkylation sites (N-methyl/N-ethyl adjacent to an activating group) is 1. The summed E-state index contributed by atoms with van der Waals surface area (Å²) >= 11 is 0. The van der Waals surface area contributed by atoms with Gasteiger partial charge in [0.2, 0.25) is 5.91 Å². The van der Waals surface area contributed by atoms with Crippen molar-refractivity contribution in [3.8, 4) is 11.5 Å². The molecule has 0 aliphatic heterocycles. The fraction of sp³-hybridized carbons (Fsp3) is 0.308. The van der Waals surface area contributed by atoms with Crippen LogP contribution in [0.3, 0.4) is 0 Å². The number of benzene rings is 3.